The third-order valence-electron chi connectivity index (χ3n) is 3.86. The van der Waals surface area contributed by atoms with Gasteiger partial charge in [0, 0.05) is 13.5 Å². The van der Waals surface area contributed by atoms with Gasteiger partial charge in [0.1, 0.15) is 6.10 Å². The summed E-state index contributed by atoms with van der Waals surface area (Å²) >= 11 is 0. The highest BCUT2D eigenvalue weighted by Gasteiger charge is 2.39. The molecule has 3 nitrogen and oxygen atoms in total. The molecule has 1 aliphatic rings. The van der Waals surface area contributed by atoms with Gasteiger partial charge < -0.3 is 13.9 Å². The van der Waals surface area contributed by atoms with E-state index in [0.29, 0.717) is 6.61 Å². The molecule has 1 rings (SSSR count). The van der Waals surface area contributed by atoms with Crippen LogP contribution in [0.2, 0.25) is 18.1 Å². The van der Waals surface area contributed by atoms with Crippen molar-refractivity contribution in [3.8, 4) is 0 Å². The van der Waals surface area contributed by atoms with Crippen LogP contribution in [0.4, 0.5) is 0 Å². The molecule has 4 heteroatoms. The second-order valence-electron chi connectivity index (χ2n) is 6.22. The molecule has 2 atom stereocenters. The van der Waals surface area contributed by atoms with E-state index in [2.05, 4.69) is 40.4 Å². The molecule has 100 valence electrons. The Kier molecular flexibility index (Phi) is 4.58. The zero-order valence-electron chi connectivity index (χ0n) is 12.0. The summed E-state index contributed by atoms with van der Waals surface area (Å²) in [5, 5.41) is 0.230. The summed E-state index contributed by atoms with van der Waals surface area (Å²) in [4.78, 5) is 0. The molecule has 1 saturated heterocycles. The number of hydrogen-bond acceptors (Lipinski definition) is 3. The maximum Gasteiger partial charge on any atom is 0.192 e. The fourth-order valence-corrected chi connectivity index (χ4v) is 2.47. The molecule has 0 aromatic heterocycles. The van der Waals surface area contributed by atoms with Crippen LogP contribution in [0.5, 0.6) is 0 Å². The molecule has 0 unspecified atom stereocenters. The molecule has 1 fully saturated rings. The molecule has 1 heterocycles. The fraction of sp³-hybridized carbons (Fsp3) is 0.846. The monoisotopic (exact) mass is 258 g/mol. The normalized spacial score (nSPS) is 26.6. The SMILES string of the molecule is C=C1C[C@@H](OC)O[C@@H]1CO[Si](C)(C)C(C)(C)C. The van der Waals surface area contributed by atoms with Crippen LogP contribution in [-0.4, -0.2) is 34.4 Å². The summed E-state index contributed by atoms with van der Waals surface area (Å²) in [5.41, 5.74) is 1.08. The Morgan fingerprint density at radius 3 is 2.41 bits per heavy atom. The van der Waals surface area contributed by atoms with Gasteiger partial charge in [-0.1, -0.05) is 27.4 Å². The Morgan fingerprint density at radius 2 is 2.00 bits per heavy atom. The minimum absolute atomic E-state index is 0.00549. The fourth-order valence-electron chi connectivity index (χ4n) is 1.47. The lowest BCUT2D eigenvalue weighted by atomic mass is 10.1. The Labute approximate surface area is 106 Å². The molecule has 0 radical (unpaired) electrons. The van der Waals surface area contributed by atoms with Gasteiger partial charge in [0.05, 0.1) is 6.61 Å². The molecule has 0 amide bonds. The lowest BCUT2D eigenvalue weighted by molar-refractivity contribution is -0.120. The van der Waals surface area contributed by atoms with E-state index in [1.54, 1.807) is 7.11 Å². The van der Waals surface area contributed by atoms with Gasteiger partial charge in [0.2, 0.25) is 0 Å². The van der Waals surface area contributed by atoms with Crippen molar-refractivity contribution in [2.75, 3.05) is 13.7 Å². The highest BCUT2D eigenvalue weighted by Crippen LogP contribution is 2.37. The first-order valence-electron chi connectivity index (χ1n) is 6.17. The van der Waals surface area contributed by atoms with Crippen molar-refractivity contribution in [2.45, 2.75) is 57.7 Å². The van der Waals surface area contributed by atoms with E-state index in [-0.39, 0.29) is 17.4 Å². The van der Waals surface area contributed by atoms with Gasteiger partial charge in [-0.25, -0.2) is 0 Å². The minimum Gasteiger partial charge on any atom is -0.414 e. The first-order chi connectivity index (χ1) is 7.67. The quantitative estimate of drug-likeness (QED) is 0.572. The largest absolute Gasteiger partial charge is 0.414 e. The van der Waals surface area contributed by atoms with E-state index in [1.807, 2.05) is 0 Å². The summed E-state index contributed by atoms with van der Waals surface area (Å²) < 4.78 is 17.0. The van der Waals surface area contributed by atoms with E-state index in [9.17, 15) is 0 Å². The maximum atomic E-state index is 6.14. The van der Waals surface area contributed by atoms with E-state index >= 15 is 0 Å². The van der Waals surface area contributed by atoms with Crippen LogP contribution in [0.3, 0.4) is 0 Å². The Morgan fingerprint density at radius 1 is 1.41 bits per heavy atom. The molecule has 0 aromatic rings. The van der Waals surface area contributed by atoms with Crippen LogP contribution in [0.15, 0.2) is 12.2 Å². The third-order valence-corrected chi connectivity index (χ3v) is 8.37. The molecule has 0 aliphatic carbocycles. The predicted octanol–water partition coefficient (Wildman–Crippen LogP) is 3.33. The number of ether oxygens (including phenoxy) is 2. The highest BCUT2D eigenvalue weighted by molar-refractivity contribution is 6.74. The third kappa shape index (κ3) is 3.65. The van der Waals surface area contributed by atoms with Crippen molar-refractivity contribution in [3.63, 3.8) is 0 Å². The highest BCUT2D eigenvalue weighted by atomic mass is 28.4. The molecular weight excluding hydrogens is 232 g/mol. The Hall–Kier alpha value is -0.163. The molecule has 1 aliphatic heterocycles. The van der Waals surface area contributed by atoms with Crippen molar-refractivity contribution in [3.05, 3.63) is 12.2 Å². The Balaban J connectivity index is 2.49. The van der Waals surface area contributed by atoms with E-state index in [4.69, 9.17) is 13.9 Å². The smallest absolute Gasteiger partial charge is 0.192 e. The summed E-state index contributed by atoms with van der Waals surface area (Å²) in [7, 11) is -0.0344. The predicted molar refractivity (Wildman–Crippen MR) is 72.6 cm³/mol. The summed E-state index contributed by atoms with van der Waals surface area (Å²) in [5.74, 6) is 0. The number of methoxy groups -OCH3 is 1. The van der Waals surface area contributed by atoms with Crippen molar-refractivity contribution < 1.29 is 13.9 Å². The average Bonchev–Trinajstić information content (AvgIpc) is 2.55. The Bertz CT molecular complexity index is 281. The molecule has 17 heavy (non-hydrogen) atoms. The lowest BCUT2D eigenvalue weighted by Crippen LogP contribution is -2.42. The van der Waals surface area contributed by atoms with Gasteiger partial charge in [0.25, 0.3) is 0 Å². The second-order valence-corrected chi connectivity index (χ2v) is 11.0. The van der Waals surface area contributed by atoms with Crippen LogP contribution in [0.25, 0.3) is 0 Å². The summed E-state index contributed by atoms with van der Waals surface area (Å²) in [6.45, 7) is 15.8. The zero-order valence-corrected chi connectivity index (χ0v) is 13.0. The van der Waals surface area contributed by atoms with Crippen molar-refractivity contribution in [1.29, 1.82) is 0 Å². The molecular formula is C13H26O3Si. The minimum atomic E-state index is -1.70. The van der Waals surface area contributed by atoms with Crippen LogP contribution in [0.1, 0.15) is 27.2 Å². The lowest BCUT2D eigenvalue weighted by Gasteiger charge is -2.36. The number of rotatable bonds is 4. The van der Waals surface area contributed by atoms with Crippen LogP contribution in [-0.2, 0) is 13.9 Å². The zero-order chi connectivity index (χ0) is 13.3. The van der Waals surface area contributed by atoms with Crippen molar-refractivity contribution in [2.24, 2.45) is 0 Å². The number of hydrogen-bond donors (Lipinski definition) is 0. The van der Waals surface area contributed by atoms with Gasteiger partial charge in [-0.3, -0.25) is 0 Å². The molecule has 0 bridgehead atoms. The average molecular weight is 258 g/mol. The summed E-state index contributed by atoms with van der Waals surface area (Å²) in [6.07, 6.45) is 0.631. The summed E-state index contributed by atoms with van der Waals surface area (Å²) in [6, 6.07) is 0. The van der Waals surface area contributed by atoms with Crippen LogP contribution >= 0.6 is 0 Å². The van der Waals surface area contributed by atoms with Gasteiger partial charge >= 0.3 is 0 Å². The molecule has 0 N–H and O–H groups in total. The van der Waals surface area contributed by atoms with Gasteiger partial charge in [-0.05, 0) is 23.7 Å². The molecule has 0 saturated carbocycles. The van der Waals surface area contributed by atoms with E-state index < -0.39 is 8.32 Å². The van der Waals surface area contributed by atoms with Gasteiger partial charge in [-0.2, -0.15) is 0 Å². The first kappa shape index (κ1) is 14.9. The second kappa shape index (κ2) is 5.22. The standard InChI is InChI=1S/C13H26O3Si/c1-10-8-12(14-5)16-11(10)9-15-17(6,7)13(2,3)4/h11-12H,1,8-9H2,2-7H3/t11-,12+/m1/s1. The first-order valence-corrected chi connectivity index (χ1v) is 9.08. The van der Waals surface area contributed by atoms with Crippen LogP contribution in [0, 0.1) is 0 Å². The van der Waals surface area contributed by atoms with Crippen LogP contribution < -0.4 is 0 Å². The molecule has 0 aromatic carbocycles. The molecule has 0 spiro atoms. The topological polar surface area (TPSA) is 27.7 Å². The van der Waals surface area contributed by atoms with Gasteiger partial charge in [0.15, 0.2) is 14.6 Å². The van der Waals surface area contributed by atoms with E-state index in [0.717, 1.165) is 12.0 Å². The van der Waals surface area contributed by atoms with E-state index in [1.165, 1.54) is 0 Å². The van der Waals surface area contributed by atoms with Crippen molar-refractivity contribution in [1.82, 2.24) is 0 Å². The maximum absolute atomic E-state index is 6.14. The van der Waals surface area contributed by atoms with Crippen molar-refractivity contribution >= 4 is 8.32 Å². The van der Waals surface area contributed by atoms with Gasteiger partial charge in [-0.15, -0.1) is 0 Å².